The summed E-state index contributed by atoms with van der Waals surface area (Å²) < 4.78 is 5.71. The number of carboxylic acid groups (broad SMARTS) is 1. The number of benzene rings is 2. The highest BCUT2D eigenvalue weighted by Crippen LogP contribution is 2.27. The van der Waals surface area contributed by atoms with Crippen LogP contribution in [0.3, 0.4) is 0 Å². The van der Waals surface area contributed by atoms with Gasteiger partial charge in [0.25, 0.3) is 5.69 Å². The number of nitrogens with one attached hydrogen (secondary N) is 1. The van der Waals surface area contributed by atoms with E-state index in [0.29, 0.717) is 22.3 Å². The van der Waals surface area contributed by atoms with Gasteiger partial charge in [0.15, 0.2) is 0 Å². The smallest absolute Gasteiger partial charge is 0.342 e. The van der Waals surface area contributed by atoms with Gasteiger partial charge in [-0.05, 0) is 60.2 Å². The molecule has 3 aromatic rings. The minimum atomic E-state index is -1.09. The third-order valence-corrected chi connectivity index (χ3v) is 4.57. The van der Waals surface area contributed by atoms with Gasteiger partial charge in [-0.25, -0.2) is 9.78 Å². The molecule has 0 aliphatic heterocycles. The zero-order valence-corrected chi connectivity index (χ0v) is 16.0. The number of carbonyl (C=O) groups is 1. The maximum Gasteiger partial charge on any atom is 0.342 e. The minimum absolute atomic E-state index is 0.0150. The number of nitrogens with zero attached hydrogens (tertiary/aromatic N) is 3. The van der Waals surface area contributed by atoms with E-state index in [-0.39, 0.29) is 17.2 Å². The lowest BCUT2D eigenvalue weighted by atomic mass is 10.2. The summed E-state index contributed by atoms with van der Waals surface area (Å²) in [5.74, 6) is 0.0501. The topological polar surface area (TPSA) is 131 Å². The number of ether oxygens (including phenoxy) is 1. The summed E-state index contributed by atoms with van der Waals surface area (Å²) in [7, 11) is 0. The van der Waals surface area contributed by atoms with E-state index in [1.54, 1.807) is 43.3 Å². The zero-order valence-electron chi connectivity index (χ0n) is 15.2. The van der Waals surface area contributed by atoms with Gasteiger partial charge in [-0.2, -0.15) is 0 Å². The van der Waals surface area contributed by atoms with Crippen molar-refractivity contribution in [1.29, 1.82) is 0 Å². The standard InChI is InChI=1S/C19H16N4O5S/c1-12-20-19(22-21-12)29-17(18(24)25)10-14-3-2-4-16(9-14)28-11-13-5-7-15(8-6-13)23(26)27/h2-10H,11H2,1H3,(H,24,25)(H,20,21,22)/b17-10-. The van der Waals surface area contributed by atoms with Crippen molar-refractivity contribution in [2.75, 3.05) is 0 Å². The fraction of sp³-hybridized carbons (Fsp3) is 0.105. The van der Waals surface area contributed by atoms with E-state index in [1.165, 1.54) is 18.2 Å². The summed E-state index contributed by atoms with van der Waals surface area (Å²) in [4.78, 5) is 26.0. The highest BCUT2D eigenvalue weighted by molar-refractivity contribution is 8.04. The lowest BCUT2D eigenvalue weighted by Crippen LogP contribution is -1.98. The van der Waals surface area contributed by atoms with Crippen molar-refractivity contribution < 1.29 is 19.6 Å². The molecular weight excluding hydrogens is 396 g/mol. The number of rotatable bonds is 8. The van der Waals surface area contributed by atoms with Crippen LogP contribution >= 0.6 is 11.8 Å². The van der Waals surface area contributed by atoms with E-state index in [9.17, 15) is 20.0 Å². The van der Waals surface area contributed by atoms with Gasteiger partial charge in [-0.3, -0.25) is 15.2 Å². The molecule has 0 amide bonds. The van der Waals surface area contributed by atoms with Crippen LogP contribution in [0.15, 0.2) is 58.6 Å². The largest absolute Gasteiger partial charge is 0.489 e. The molecule has 148 valence electrons. The van der Waals surface area contributed by atoms with Crippen molar-refractivity contribution in [1.82, 2.24) is 15.2 Å². The van der Waals surface area contributed by atoms with Crippen molar-refractivity contribution in [2.45, 2.75) is 18.7 Å². The molecule has 1 heterocycles. The summed E-state index contributed by atoms with van der Waals surface area (Å²) >= 11 is 0.944. The van der Waals surface area contributed by atoms with Crippen LogP contribution in [0, 0.1) is 17.0 Å². The number of thioether (sulfide) groups is 1. The molecule has 0 saturated heterocycles. The number of nitro groups is 1. The van der Waals surface area contributed by atoms with Gasteiger partial charge in [0.1, 0.15) is 23.1 Å². The summed E-state index contributed by atoms with van der Waals surface area (Å²) in [6.45, 7) is 1.95. The van der Waals surface area contributed by atoms with Crippen molar-refractivity contribution in [3.8, 4) is 5.75 Å². The molecule has 0 saturated carbocycles. The van der Waals surface area contributed by atoms with E-state index >= 15 is 0 Å². The average molecular weight is 412 g/mol. The second-order valence-electron chi connectivity index (χ2n) is 5.90. The highest BCUT2D eigenvalue weighted by atomic mass is 32.2. The molecule has 0 aliphatic carbocycles. The van der Waals surface area contributed by atoms with Crippen molar-refractivity contribution in [3.63, 3.8) is 0 Å². The molecule has 0 spiro atoms. The molecule has 0 fully saturated rings. The molecule has 10 heteroatoms. The van der Waals surface area contributed by atoms with Crippen molar-refractivity contribution >= 4 is 29.5 Å². The Morgan fingerprint density at radius 2 is 2.07 bits per heavy atom. The molecule has 0 atom stereocenters. The molecule has 1 aromatic heterocycles. The Kier molecular flexibility index (Phi) is 6.25. The highest BCUT2D eigenvalue weighted by Gasteiger charge is 2.13. The molecule has 0 bridgehead atoms. The molecule has 2 aromatic carbocycles. The van der Waals surface area contributed by atoms with Gasteiger partial charge in [-0.15, -0.1) is 5.10 Å². The lowest BCUT2D eigenvalue weighted by Gasteiger charge is -2.07. The number of aryl methyl sites for hydroxylation is 1. The van der Waals surface area contributed by atoms with E-state index < -0.39 is 10.9 Å². The first-order valence-electron chi connectivity index (χ1n) is 8.39. The van der Waals surface area contributed by atoms with E-state index in [2.05, 4.69) is 15.2 Å². The molecular formula is C19H16N4O5S. The summed E-state index contributed by atoms with van der Waals surface area (Å²) in [5, 5.41) is 27.1. The number of nitro benzene ring substituents is 1. The normalized spacial score (nSPS) is 11.3. The Bertz CT molecular complexity index is 1060. The van der Waals surface area contributed by atoms with Crippen LogP contribution in [0.1, 0.15) is 17.0 Å². The Morgan fingerprint density at radius 1 is 1.31 bits per heavy atom. The maximum atomic E-state index is 11.6. The third kappa shape index (κ3) is 5.66. The van der Waals surface area contributed by atoms with E-state index in [4.69, 9.17) is 4.74 Å². The fourth-order valence-corrected chi connectivity index (χ4v) is 3.08. The van der Waals surface area contributed by atoms with Crippen LogP contribution < -0.4 is 4.74 Å². The quantitative estimate of drug-likeness (QED) is 0.247. The van der Waals surface area contributed by atoms with Crippen LogP contribution in [-0.2, 0) is 11.4 Å². The van der Waals surface area contributed by atoms with Gasteiger partial charge < -0.3 is 9.84 Å². The van der Waals surface area contributed by atoms with E-state index in [1.807, 2.05) is 0 Å². The van der Waals surface area contributed by atoms with Gasteiger partial charge in [0.05, 0.1) is 4.92 Å². The SMILES string of the molecule is Cc1nc(S/C(=C\c2cccc(OCc3ccc([N+](=O)[O-])cc3)c2)C(=O)O)n[nH]1. The molecule has 29 heavy (non-hydrogen) atoms. The van der Waals surface area contributed by atoms with Crippen molar-refractivity contribution in [3.05, 3.63) is 80.5 Å². The second-order valence-corrected chi connectivity index (χ2v) is 6.91. The van der Waals surface area contributed by atoms with E-state index in [0.717, 1.165) is 17.3 Å². The van der Waals surface area contributed by atoms with Crippen LogP contribution in [0.5, 0.6) is 5.75 Å². The summed E-state index contributed by atoms with van der Waals surface area (Å²) in [5.41, 5.74) is 1.43. The van der Waals surface area contributed by atoms with Crippen LogP contribution in [0.2, 0.25) is 0 Å². The number of hydrogen-bond donors (Lipinski definition) is 2. The predicted molar refractivity (Wildman–Crippen MR) is 106 cm³/mol. The molecule has 3 rings (SSSR count). The number of H-pyrrole nitrogens is 1. The number of aromatic nitrogens is 3. The third-order valence-electron chi connectivity index (χ3n) is 3.70. The monoisotopic (exact) mass is 412 g/mol. The van der Waals surface area contributed by atoms with Gasteiger partial charge in [-0.1, -0.05) is 12.1 Å². The minimum Gasteiger partial charge on any atom is -0.489 e. The fourth-order valence-electron chi connectivity index (χ4n) is 2.33. The summed E-state index contributed by atoms with van der Waals surface area (Å²) in [6, 6.07) is 13.0. The Hall–Kier alpha value is -3.66. The summed E-state index contributed by atoms with van der Waals surface area (Å²) in [6.07, 6.45) is 1.51. The molecule has 0 aliphatic rings. The number of aliphatic carboxylic acids is 1. The lowest BCUT2D eigenvalue weighted by molar-refractivity contribution is -0.384. The zero-order chi connectivity index (χ0) is 20.8. The number of carboxylic acids is 1. The number of non-ortho nitro benzene ring substituents is 1. The Labute approximate surface area is 169 Å². The molecule has 0 unspecified atom stereocenters. The first-order valence-corrected chi connectivity index (χ1v) is 9.20. The number of hydrogen-bond acceptors (Lipinski definition) is 7. The molecule has 2 N–H and O–H groups in total. The second kappa shape index (κ2) is 9.02. The predicted octanol–water partition coefficient (Wildman–Crippen LogP) is 3.82. The van der Waals surface area contributed by atoms with Gasteiger partial charge >= 0.3 is 5.97 Å². The average Bonchev–Trinajstić information content (AvgIpc) is 3.11. The number of aromatic amines is 1. The molecule has 9 nitrogen and oxygen atoms in total. The Morgan fingerprint density at radius 3 is 2.69 bits per heavy atom. The van der Waals surface area contributed by atoms with Crippen LogP contribution in [-0.4, -0.2) is 31.2 Å². The van der Waals surface area contributed by atoms with Gasteiger partial charge in [0.2, 0.25) is 5.16 Å². The van der Waals surface area contributed by atoms with Crippen LogP contribution in [0.4, 0.5) is 5.69 Å². The van der Waals surface area contributed by atoms with Gasteiger partial charge in [0, 0.05) is 12.1 Å². The first kappa shape index (κ1) is 20.1. The van der Waals surface area contributed by atoms with Crippen molar-refractivity contribution in [2.24, 2.45) is 0 Å². The Balaban J connectivity index is 1.71. The maximum absolute atomic E-state index is 11.6. The first-order chi connectivity index (χ1) is 13.9. The molecule has 0 radical (unpaired) electrons. The van der Waals surface area contributed by atoms with Crippen LogP contribution in [0.25, 0.3) is 6.08 Å².